The van der Waals surface area contributed by atoms with Gasteiger partial charge < -0.3 is 15.4 Å². The van der Waals surface area contributed by atoms with Crippen molar-refractivity contribution in [2.45, 2.75) is 32.7 Å². The fraction of sp³-hybridized carbons (Fsp3) is 0.318. The van der Waals surface area contributed by atoms with Crippen LogP contribution in [0.5, 0.6) is 5.75 Å². The summed E-state index contributed by atoms with van der Waals surface area (Å²) in [4.78, 5) is 29.7. The quantitative estimate of drug-likeness (QED) is 0.615. The zero-order valence-corrected chi connectivity index (χ0v) is 16.9. The number of fused-ring (bicyclic) bond motifs is 1. The highest BCUT2D eigenvalue weighted by Gasteiger charge is 2.21. The van der Waals surface area contributed by atoms with Gasteiger partial charge in [0.15, 0.2) is 5.69 Å². The maximum atomic E-state index is 12.7. The van der Waals surface area contributed by atoms with Gasteiger partial charge in [-0.3, -0.25) is 14.0 Å². The molecule has 1 atom stereocenters. The molecule has 0 aliphatic rings. The number of carbonyl (C=O) groups is 2. The molecule has 0 saturated carbocycles. The van der Waals surface area contributed by atoms with E-state index in [9.17, 15) is 9.59 Å². The van der Waals surface area contributed by atoms with Crippen LogP contribution >= 0.6 is 0 Å². The van der Waals surface area contributed by atoms with Gasteiger partial charge in [0.2, 0.25) is 5.82 Å². The van der Waals surface area contributed by atoms with E-state index in [1.165, 1.54) is 0 Å². The topological polar surface area (TPSA) is 84.7 Å². The van der Waals surface area contributed by atoms with Crippen molar-refractivity contribution in [2.24, 2.45) is 0 Å². The van der Waals surface area contributed by atoms with Crippen molar-refractivity contribution in [2.75, 3.05) is 13.7 Å². The molecule has 0 radical (unpaired) electrons. The zero-order valence-electron chi connectivity index (χ0n) is 16.9. The fourth-order valence-corrected chi connectivity index (χ4v) is 2.95. The summed E-state index contributed by atoms with van der Waals surface area (Å²) in [6.45, 7) is 4.39. The highest BCUT2D eigenvalue weighted by atomic mass is 16.5. The number of ether oxygens (including phenoxy) is 1. The SMILES string of the molecule is CCC(C)NC(=O)c1nc(C(=O)NCCc2ccc(OC)cc2)c2ccccn12. The van der Waals surface area contributed by atoms with Crippen molar-refractivity contribution in [3.63, 3.8) is 0 Å². The molecular weight excluding hydrogens is 368 g/mol. The number of nitrogens with one attached hydrogen (secondary N) is 2. The summed E-state index contributed by atoms with van der Waals surface area (Å²) in [5, 5.41) is 5.79. The third-order valence-electron chi connectivity index (χ3n) is 4.81. The predicted molar refractivity (Wildman–Crippen MR) is 111 cm³/mol. The van der Waals surface area contributed by atoms with Crippen LogP contribution in [0.1, 0.15) is 46.9 Å². The molecule has 3 aromatic rings. The molecule has 2 N–H and O–H groups in total. The molecule has 152 valence electrons. The lowest BCUT2D eigenvalue weighted by Gasteiger charge is -2.10. The average Bonchev–Trinajstić information content (AvgIpc) is 3.14. The number of imidazole rings is 1. The monoisotopic (exact) mass is 394 g/mol. The number of amides is 2. The number of carbonyl (C=O) groups excluding carboxylic acids is 2. The van der Waals surface area contributed by atoms with Crippen LogP contribution < -0.4 is 15.4 Å². The van der Waals surface area contributed by atoms with Crippen molar-refractivity contribution < 1.29 is 14.3 Å². The molecule has 29 heavy (non-hydrogen) atoms. The van der Waals surface area contributed by atoms with E-state index in [-0.39, 0.29) is 29.4 Å². The normalized spacial score (nSPS) is 11.8. The van der Waals surface area contributed by atoms with E-state index >= 15 is 0 Å². The molecule has 1 unspecified atom stereocenters. The Morgan fingerprint density at radius 1 is 1.14 bits per heavy atom. The van der Waals surface area contributed by atoms with E-state index in [0.717, 1.165) is 17.7 Å². The second-order valence-electron chi connectivity index (χ2n) is 6.88. The van der Waals surface area contributed by atoms with Gasteiger partial charge in [-0.1, -0.05) is 25.1 Å². The van der Waals surface area contributed by atoms with Gasteiger partial charge >= 0.3 is 0 Å². The van der Waals surface area contributed by atoms with Crippen molar-refractivity contribution >= 4 is 17.3 Å². The van der Waals surface area contributed by atoms with Gasteiger partial charge in [-0.2, -0.15) is 0 Å². The first-order chi connectivity index (χ1) is 14.0. The second-order valence-corrected chi connectivity index (χ2v) is 6.88. The van der Waals surface area contributed by atoms with Crippen LogP contribution in [0.2, 0.25) is 0 Å². The Labute approximate surface area is 170 Å². The lowest BCUT2D eigenvalue weighted by Crippen LogP contribution is -2.33. The molecule has 7 nitrogen and oxygen atoms in total. The van der Waals surface area contributed by atoms with Gasteiger partial charge in [0.25, 0.3) is 11.8 Å². The smallest absolute Gasteiger partial charge is 0.287 e. The summed E-state index contributed by atoms with van der Waals surface area (Å²) in [5.74, 6) is 0.411. The molecule has 0 fully saturated rings. The number of benzene rings is 1. The van der Waals surface area contributed by atoms with Crippen LogP contribution in [0, 0.1) is 0 Å². The molecule has 0 saturated heterocycles. The summed E-state index contributed by atoms with van der Waals surface area (Å²) in [6.07, 6.45) is 3.23. The van der Waals surface area contributed by atoms with Gasteiger partial charge in [-0.15, -0.1) is 0 Å². The predicted octanol–water partition coefficient (Wildman–Crippen LogP) is 2.84. The van der Waals surface area contributed by atoms with Crippen LogP contribution in [0.15, 0.2) is 48.7 Å². The number of rotatable bonds is 8. The van der Waals surface area contributed by atoms with Gasteiger partial charge in [-0.05, 0) is 49.6 Å². The van der Waals surface area contributed by atoms with Crippen LogP contribution in [0.25, 0.3) is 5.52 Å². The molecule has 3 rings (SSSR count). The average molecular weight is 394 g/mol. The summed E-state index contributed by atoms with van der Waals surface area (Å²) in [6, 6.07) is 13.2. The number of methoxy groups -OCH3 is 1. The molecule has 0 spiro atoms. The van der Waals surface area contributed by atoms with Gasteiger partial charge in [0.1, 0.15) is 5.75 Å². The van der Waals surface area contributed by atoms with Crippen LogP contribution in [-0.2, 0) is 6.42 Å². The Morgan fingerprint density at radius 3 is 2.59 bits per heavy atom. The number of hydrogen-bond donors (Lipinski definition) is 2. The minimum Gasteiger partial charge on any atom is -0.497 e. The van der Waals surface area contributed by atoms with E-state index in [1.807, 2.05) is 44.2 Å². The molecular formula is C22H26N4O3. The summed E-state index contributed by atoms with van der Waals surface area (Å²) in [5.41, 5.74) is 1.94. The Kier molecular flexibility index (Phi) is 6.49. The molecule has 2 aromatic heterocycles. The Hall–Kier alpha value is -3.35. The first kappa shape index (κ1) is 20.4. The first-order valence-electron chi connectivity index (χ1n) is 9.72. The van der Waals surface area contributed by atoms with E-state index in [2.05, 4.69) is 15.6 Å². The third kappa shape index (κ3) is 4.74. The number of nitrogens with zero attached hydrogens (tertiary/aromatic N) is 2. The minimum atomic E-state index is -0.301. The molecule has 0 aliphatic heterocycles. The Morgan fingerprint density at radius 2 is 1.90 bits per heavy atom. The standard InChI is InChI=1S/C22H26N4O3/c1-4-15(2)24-22(28)20-25-19(18-7-5-6-14-26(18)20)21(27)23-13-12-16-8-10-17(29-3)11-9-16/h5-11,14-15H,4,12-13H2,1-3H3,(H,23,27)(H,24,28). The van der Waals surface area contributed by atoms with Crippen molar-refractivity contribution in [3.05, 3.63) is 65.7 Å². The zero-order chi connectivity index (χ0) is 20.8. The minimum absolute atomic E-state index is 0.0281. The third-order valence-corrected chi connectivity index (χ3v) is 4.81. The highest BCUT2D eigenvalue weighted by molar-refractivity contribution is 6.02. The second kappa shape index (κ2) is 9.23. The largest absolute Gasteiger partial charge is 0.497 e. The number of pyridine rings is 1. The van der Waals surface area contributed by atoms with Crippen LogP contribution in [-0.4, -0.2) is 40.9 Å². The number of hydrogen-bond acceptors (Lipinski definition) is 4. The molecule has 0 aliphatic carbocycles. The first-order valence-corrected chi connectivity index (χ1v) is 9.72. The summed E-state index contributed by atoms with van der Waals surface area (Å²) in [7, 11) is 1.63. The van der Waals surface area contributed by atoms with E-state index in [4.69, 9.17) is 4.74 Å². The van der Waals surface area contributed by atoms with Gasteiger partial charge in [0.05, 0.1) is 12.6 Å². The Bertz CT molecular complexity index is 995. The molecule has 2 amide bonds. The van der Waals surface area contributed by atoms with E-state index in [1.54, 1.807) is 29.8 Å². The van der Waals surface area contributed by atoms with Crippen LogP contribution in [0.4, 0.5) is 0 Å². The summed E-state index contributed by atoms with van der Waals surface area (Å²) < 4.78 is 6.80. The Balaban J connectivity index is 1.72. The molecule has 2 heterocycles. The lowest BCUT2D eigenvalue weighted by atomic mass is 10.1. The lowest BCUT2D eigenvalue weighted by molar-refractivity contribution is 0.0928. The van der Waals surface area contributed by atoms with Gasteiger partial charge in [-0.25, -0.2) is 4.98 Å². The maximum absolute atomic E-state index is 12.7. The highest BCUT2D eigenvalue weighted by Crippen LogP contribution is 2.14. The summed E-state index contributed by atoms with van der Waals surface area (Å²) >= 11 is 0. The van der Waals surface area contributed by atoms with E-state index < -0.39 is 0 Å². The maximum Gasteiger partial charge on any atom is 0.287 e. The number of aromatic nitrogens is 2. The van der Waals surface area contributed by atoms with E-state index in [0.29, 0.717) is 18.5 Å². The van der Waals surface area contributed by atoms with Crippen molar-refractivity contribution in [1.82, 2.24) is 20.0 Å². The van der Waals surface area contributed by atoms with Crippen LogP contribution in [0.3, 0.4) is 0 Å². The molecule has 0 bridgehead atoms. The molecule has 1 aromatic carbocycles. The van der Waals surface area contributed by atoms with Gasteiger partial charge in [0, 0.05) is 18.8 Å². The fourth-order valence-electron chi connectivity index (χ4n) is 2.95. The van der Waals surface area contributed by atoms with Crippen molar-refractivity contribution in [3.8, 4) is 5.75 Å². The van der Waals surface area contributed by atoms with Crippen molar-refractivity contribution in [1.29, 1.82) is 0 Å². The molecule has 7 heteroatoms.